The Morgan fingerprint density at radius 2 is 1.74 bits per heavy atom. The molecule has 1 N–H and O–H groups in total. The SMILES string of the molecule is Cl.Cl.O=C([C@@H]1CCCCN1)N1CCN(Cc2ccccc2)CC1. The van der Waals surface area contributed by atoms with Gasteiger partial charge in [-0.1, -0.05) is 36.8 Å². The van der Waals surface area contributed by atoms with Crippen molar-refractivity contribution in [2.24, 2.45) is 0 Å². The number of carbonyl (C=O) groups is 1. The van der Waals surface area contributed by atoms with Crippen molar-refractivity contribution in [3.8, 4) is 0 Å². The first-order valence-corrected chi connectivity index (χ1v) is 8.11. The molecule has 2 aliphatic heterocycles. The summed E-state index contributed by atoms with van der Waals surface area (Å²) in [6, 6.07) is 10.6. The lowest BCUT2D eigenvalue weighted by atomic mass is 10.0. The molecule has 130 valence electrons. The van der Waals surface area contributed by atoms with Crippen molar-refractivity contribution in [1.29, 1.82) is 0 Å². The standard InChI is InChI=1S/C17H25N3O.2ClH/c21-17(16-8-4-5-9-18-16)20-12-10-19(11-13-20)14-15-6-2-1-3-7-15;;/h1-3,6-7,16,18H,4-5,8-14H2;2*1H/t16-;;/m0../s1. The number of benzene rings is 1. The zero-order valence-electron chi connectivity index (χ0n) is 13.4. The molecule has 0 bridgehead atoms. The molecule has 0 aliphatic carbocycles. The van der Waals surface area contributed by atoms with Gasteiger partial charge >= 0.3 is 0 Å². The molecule has 2 aliphatic rings. The molecule has 2 heterocycles. The number of halogens is 2. The second-order valence-electron chi connectivity index (χ2n) is 6.09. The molecule has 1 amide bonds. The Bertz CT molecular complexity index is 458. The van der Waals surface area contributed by atoms with Crippen LogP contribution >= 0.6 is 24.8 Å². The molecule has 1 atom stereocenters. The average Bonchev–Trinajstić information content (AvgIpc) is 2.57. The van der Waals surface area contributed by atoms with E-state index in [9.17, 15) is 4.79 Å². The number of rotatable bonds is 3. The van der Waals surface area contributed by atoms with E-state index in [2.05, 4.69) is 40.5 Å². The van der Waals surface area contributed by atoms with Crippen molar-refractivity contribution in [1.82, 2.24) is 15.1 Å². The van der Waals surface area contributed by atoms with E-state index in [1.165, 1.54) is 18.4 Å². The fourth-order valence-electron chi connectivity index (χ4n) is 3.25. The summed E-state index contributed by atoms with van der Waals surface area (Å²) in [7, 11) is 0. The molecule has 3 rings (SSSR count). The maximum absolute atomic E-state index is 12.5. The number of hydrogen-bond donors (Lipinski definition) is 1. The van der Waals surface area contributed by atoms with Crippen LogP contribution < -0.4 is 5.32 Å². The molecule has 23 heavy (non-hydrogen) atoms. The highest BCUT2D eigenvalue weighted by molar-refractivity contribution is 5.85. The van der Waals surface area contributed by atoms with Gasteiger partial charge in [-0.2, -0.15) is 0 Å². The molecule has 0 aromatic heterocycles. The summed E-state index contributed by atoms with van der Waals surface area (Å²) in [6.45, 7) is 5.67. The lowest BCUT2D eigenvalue weighted by molar-refractivity contribution is -0.135. The second kappa shape index (κ2) is 10.1. The van der Waals surface area contributed by atoms with Gasteiger partial charge in [0.15, 0.2) is 0 Å². The van der Waals surface area contributed by atoms with Crippen molar-refractivity contribution >= 4 is 30.7 Å². The van der Waals surface area contributed by atoms with Crippen LogP contribution in [0.1, 0.15) is 24.8 Å². The van der Waals surface area contributed by atoms with Crippen LogP contribution in [-0.4, -0.2) is 54.5 Å². The molecule has 6 heteroatoms. The lowest BCUT2D eigenvalue weighted by Crippen LogP contribution is -2.54. The summed E-state index contributed by atoms with van der Waals surface area (Å²) in [6.07, 6.45) is 3.38. The minimum atomic E-state index is 0. The Balaban J connectivity index is 0.00000132. The summed E-state index contributed by atoms with van der Waals surface area (Å²) in [5, 5.41) is 3.36. The lowest BCUT2D eigenvalue weighted by Gasteiger charge is -2.37. The highest BCUT2D eigenvalue weighted by Crippen LogP contribution is 2.13. The highest BCUT2D eigenvalue weighted by atomic mass is 35.5. The van der Waals surface area contributed by atoms with Gasteiger partial charge in [-0.05, 0) is 24.9 Å². The van der Waals surface area contributed by atoms with Gasteiger partial charge in [-0.15, -0.1) is 24.8 Å². The molecular weight excluding hydrogens is 333 g/mol. The zero-order chi connectivity index (χ0) is 14.5. The van der Waals surface area contributed by atoms with Crippen molar-refractivity contribution in [2.75, 3.05) is 32.7 Å². The van der Waals surface area contributed by atoms with Crippen LogP contribution in [-0.2, 0) is 11.3 Å². The Labute approximate surface area is 151 Å². The molecule has 0 saturated carbocycles. The van der Waals surface area contributed by atoms with Crippen LogP contribution in [0.15, 0.2) is 30.3 Å². The third kappa shape index (κ3) is 5.64. The van der Waals surface area contributed by atoms with Gasteiger partial charge in [0.2, 0.25) is 5.91 Å². The predicted octanol–water partition coefficient (Wildman–Crippen LogP) is 2.32. The van der Waals surface area contributed by atoms with Crippen molar-refractivity contribution < 1.29 is 4.79 Å². The number of piperidine rings is 1. The number of carbonyl (C=O) groups excluding carboxylic acids is 1. The Hall–Kier alpha value is -0.810. The number of nitrogens with zero attached hydrogens (tertiary/aromatic N) is 2. The summed E-state index contributed by atoms with van der Waals surface area (Å²) in [4.78, 5) is 16.9. The van der Waals surface area contributed by atoms with E-state index in [1.54, 1.807) is 0 Å². The highest BCUT2D eigenvalue weighted by Gasteiger charge is 2.28. The minimum Gasteiger partial charge on any atom is -0.339 e. The topological polar surface area (TPSA) is 35.6 Å². The van der Waals surface area contributed by atoms with Crippen molar-refractivity contribution in [3.05, 3.63) is 35.9 Å². The molecule has 4 nitrogen and oxygen atoms in total. The monoisotopic (exact) mass is 359 g/mol. The summed E-state index contributed by atoms with van der Waals surface area (Å²) < 4.78 is 0. The number of amides is 1. The molecule has 1 aromatic carbocycles. The van der Waals surface area contributed by atoms with Gasteiger partial charge in [0, 0.05) is 32.7 Å². The van der Waals surface area contributed by atoms with Gasteiger partial charge in [0.05, 0.1) is 6.04 Å². The van der Waals surface area contributed by atoms with Gasteiger partial charge in [-0.3, -0.25) is 9.69 Å². The Kier molecular flexibility index (Phi) is 8.92. The smallest absolute Gasteiger partial charge is 0.239 e. The second-order valence-corrected chi connectivity index (χ2v) is 6.09. The fourth-order valence-corrected chi connectivity index (χ4v) is 3.25. The van der Waals surface area contributed by atoms with E-state index in [4.69, 9.17) is 0 Å². The van der Waals surface area contributed by atoms with Crippen molar-refractivity contribution in [2.45, 2.75) is 31.8 Å². The normalized spacial score (nSPS) is 21.9. The Morgan fingerprint density at radius 3 is 2.35 bits per heavy atom. The Morgan fingerprint density at radius 1 is 1.04 bits per heavy atom. The quantitative estimate of drug-likeness (QED) is 0.899. The molecule has 0 unspecified atom stereocenters. The van der Waals surface area contributed by atoms with E-state index in [0.717, 1.165) is 45.7 Å². The van der Waals surface area contributed by atoms with E-state index >= 15 is 0 Å². The first kappa shape index (κ1) is 20.2. The van der Waals surface area contributed by atoms with E-state index in [-0.39, 0.29) is 30.9 Å². The van der Waals surface area contributed by atoms with Crippen LogP contribution in [0.2, 0.25) is 0 Å². The molecule has 2 saturated heterocycles. The van der Waals surface area contributed by atoms with E-state index in [1.807, 2.05) is 4.90 Å². The number of nitrogens with one attached hydrogen (secondary N) is 1. The maximum atomic E-state index is 12.5. The van der Waals surface area contributed by atoms with Crippen LogP contribution in [0.5, 0.6) is 0 Å². The third-order valence-electron chi connectivity index (χ3n) is 4.54. The van der Waals surface area contributed by atoms with Gasteiger partial charge < -0.3 is 10.2 Å². The average molecular weight is 360 g/mol. The van der Waals surface area contributed by atoms with E-state index < -0.39 is 0 Å². The molecular formula is C17H27Cl2N3O. The zero-order valence-corrected chi connectivity index (χ0v) is 15.1. The number of hydrogen-bond acceptors (Lipinski definition) is 3. The van der Waals surface area contributed by atoms with Gasteiger partial charge in [-0.25, -0.2) is 0 Å². The molecule has 2 fully saturated rings. The summed E-state index contributed by atoms with van der Waals surface area (Å²) in [5.41, 5.74) is 1.35. The summed E-state index contributed by atoms with van der Waals surface area (Å²) >= 11 is 0. The van der Waals surface area contributed by atoms with Gasteiger partial charge in [0.25, 0.3) is 0 Å². The molecule has 0 spiro atoms. The molecule has 0 radical (unpaired) electrons. The van der Waals surface area contributed by atoms with Crippen LogP contribution in [0.3, 0.4) is 0 Å². The third-order valence-corrected chi connectivity index (χ3v) is 4.54. The van der Waals surface area contributed by atoms with E-state index in [0.29, 0.717) is 5.91 Å². The predicted molar refractivity (Wildman–Crippen MR) is 98.4 cm³/mol. The largest absolute Gasteiger partial charge is 0.339 e. The first-order chi connectivity index (χ1) is 10.3. The first-order valence-electron chi connectivity index (χ1n) is 8.11. The summed E-state index contributed by atoms with van der Waals surface area (Å²) in [5.74, 6) is 0.314. The van der Waals surface area contributed by atoms with Crippen LogP contribution in [0.4, 0.5) is 0 Å². The number of piperazine rings is 1. The minimum absolute atomic E-state index is 0. The van der Waals surface area contributed by atoms with Crippen LogP contribution in [0, 0.1) is 0 Å². The van der Waals surface area contributed by atoms with Crippen LogP contribution in [0.25, 0.3) is 0 Å². The maximum Gasteiger partial charge on any atom is 0.239 e. The van der Waals surface area contributed by atoms with Gasteiger partial charge in [0.1, 0.15) is 0 Å². The fraction of sp³-hybridized carbons (Fsp3) is 0.588. The van der Waals surface area contributed by atoms with Crippen molar-refractivity contribution in [3.63, 3.8) is 0 Å². The molecule has 1 aromatic rings.